The van der Waals surface area contributed by atoms with Gasteiger partial charge >= 0.3 is 0 Å². The van der Waals surface area contributed by atoms with Gasteiger partial charge < -0.3 is 15.5 Å². The number of benzene rings is 1. The highest BCUT2D eigenvalue weighted by Crippen LogP contribution is 2.44. The zero-order valence-electron chi connectivity index (χ0n) is 15.7. The molecular formula is C19H27F2IN4O. The van der Waals surface area contributed by atoms with E-state index in [-0.39, 0.29) is 48.5 Å². The quantitative estimate of drug-likeness (QED) is 0.378. The van der Waals surface area contributed by atoms with Crippen LogP contribution in [-0.2, 0) is 11.3 Å². The second kappa shape index (κ2) is 9.66. The largest absolute Gasteiger partial charge is 0.353 e. The maximum Gasteiger partial charge on any atom is 0.241 e. The minimum Gasteiger partial charge on any atom is -0.353 e. The van der Waals surface area contributed by atoms with Gasteiger partial charge in [0.25, 0.3) is 0 Å². The Morgan fingerprint density at radius 2 is 2.04 bits per heavy atom. The first-order chi connectivity index (χ1) is 12.4. The Bertz CT molecular complexity index is 698. The summed E-state index contributed by atoms with van der Waals surface area (Å²) in [6.45, 7) is 0.112. The molecule has 27 heavy (non-hydrogen) atoms. The number of carbonyl (C=O) groups excluding carboxylic acids is 1. The predicted octanol–water partition coefficient (Wildman–Crippen LogP) is 2.89. The smallest absolute Gasteiger partial charge is 0.241 e. The van der Waals surface area contributed by atoms with E-state index in [1.54, 1.807) is 14.1 Å². The van der Waals surface area contributed by atoms with Crippen molar-refractivity contribution in [1.82, 2.24) is 15.5 Å². The van der Waals surface area contributed by atoms with Crippen molar-refractivity contribution in [2.24, 2.45) is 16.8 Å². The number of halogens is 3. The van der Waals surface area contributed by atoms with Crippen LogP contribution in [0.5, 0.6) is 0 Å². The molecule has 3 atom stereocenters. The number of fused-ring (bicyclic) bond motifs is 2. The van der Waals surface area contributed by atoms with Gasteiger partial charge in [-0.15, -0.1) is 24.0 Å². The van der Waals surface area contributed by atoms with Crippen LogP contribution >= 0.6 is 24.0 Å². The van der Waals surface area contributed by atoms with Crippen LogP contribution in [0.1, 0.15) is 31.2 Å². The standard InChI is InChI=1S/C19H26F2N4O.HI/c1-25(2)18(26)11-23-19(24-17-8-12-3-4-13(17)7-12)22-10-14-9-15(20)5-6-16(14)21;/h5-6,9,12-13,17H,3-4,7-8,10-11H2,1-2H3,(H2,22,23,24);1H. The summed E-state index contributed by atoms with van der Waals surface area (Å²) in [6.07, 6.45) is 4.84. The van der Waals surface area contributed by atoms with E-state index in [9.17, 15) is 13.6 Å². The Morgan fingerprint density at radius 1 is 1.26 bits per heavy atom. The van der Waals surface area contributed by atoms with Crippen LogP contribution in [0.2, 0.25) is 0 Å². The van der Waals surface area contributed by atoms with E-state index in [1.807, 2.05) is 0 Å². The van der Waals surface area contributed by atoms with E-state index in [0.29, 0.717) is 17.9 Å². The number of guanidine groups is 1. The number of nitrogens with zero attached hydrogens (tertiary/aromatic N) is 2. The summed E-state index contributed by atoms with van der Waals surface area (Å²) in [5.41, 5.74) is 0.193. The Kier molecular flexibility index (Phi) is 7.81. The maximum atomic E-state index is 13.8. The summed E-state index contributed by atoms with van der Waals surface area (Å²) in [5.74, 6) is 0.810. The van der Waals surface area contributed by atoms with Crippen LogP contribution in [-0.4, -0.2) is 43.4 Å². The van der Waals surface area contributed by atoms with Gasteiger partial charge in [0.15, 0.2) is 5.96 Å². The molecule has 1 aromatic carbocycles. The normalized spacial score (nSPS) is 23.7. The number of likely N-dealkylation sites (N-methyl/N-ethyl adjacent to an activating group) is 1. The topological polar surface area (TPSA) is 56.7 Å². The first kappa shape index (κ1) is 21.8. The zero-order valence-corrected chi connectivity index (χ0v) is 18.0. The fourth-order valence-electron chi connectivity index (χ4n) is 3.90. The molecule has 2 saturated carbocycles. The number of hydrogen-bond donors (Lipinski definition) is 2. The monoisotopic (exact) mass is 492 g/mol. The van der Waals surface area contributed by atoms with Crippen LogP contribution in [0.4, 0.5) is 8.78 Å². The molecule has 8 heteroatoms. The van der Waals surface area contributed by atoms with Gasteiger partial charge in [-0.1, -0.05) is 6.42 Å². The average molecular weight is 492 g/mol. The van der Waals surface area contributed by atoms with Crippen molar-refractivity contribution in [3.63, 3.8) is 0 Å². The Labute approximate surface area is 176 Å². The lowest BCUT2D eigenvalue weighted by atomic mass is 9.95. The number of rotatable bonds is 5. The zero-order chi connectivity index (χ0) is 18.7. The van der Waals surface area contributed by atoms with E-state index in [2.05, 4.69) is 15.6 Å². The molecule has 3 unspecified atom stereocenters. The molecule has 1 amide bonds. The van der Waals surface area contributed by atoms with Crippen molar-refractivity contribution < 1.29 is 13.6 Å². The van der Waals surface area contributed by atoms with E-state index >= 15 is 0 Å². The third kappa shape index (κ3) is 5.76. The Morgan fingerprint density at radius 3 is 2.67 bits per heavy atom. The maximum absolute atomic E-state index is 13.8. The van der Waals surface area contributed by atoms with Gasteiger partial charge in [0, 0.05) is 25.7 Å². The Hall–Kier alpha value is -1.45. The highest BCUT2D eigenvalue weighted by molar-refractivity contribution is 14.0. The second-order valence-corrected chi connectivity index (χ2v) is 7.47. The summed E-state index contributed by atoms with van der Waals surface area (Å²) in [4.78, 5) is 17.7. The lowest BCUT2D eigenvalue weighted by molar-refractivity contribution is -0.127. The van der Waals surface area contributed by atoms with Gasteiger partial charge in [-0.2, -0.15) is 0 Å². The fourth-order valence-corrected chi connectivity index (χ4v) is 3.90. The van der Waals surface area contributed by atoms with E-state index in [1.165, 1.54) is 24.2 Å². The molecule has 0 radical (unpaired) electrons. The van der Waals surface area contributed by atoms with Crippen LogP contribution < -0.4 is 10.6 Å². The lowest BCUT2D eigenvalue weighted by Gasteiger charge is -2.25. The number of hydrogen-bond acceptors (Lipinski definition) is 2. The first-order valence-electron chi connectivity index (χ1n) is 9.11. The summed E-state index contributed by atoms with van der Waals surface area (Å²) in [6, 6.07) is 3.67. The molecule has 2 fully saturated rings. The average Bonchev–Trinajstić information content (AvgIpc) is 3.22. The molecule has 0 heterocycles. The highest BCUT2D eigenvalue weighted by atomic mass is 127. The Balaban J connectivity index is 0.00000261. The summed E-state index contributed by atoms with van der Waals surface area (Å²) < 4.78 is 27.2. The van der Waals surface area contributed by atoms with E-state index < -0.39 is 11.6 Å². The highest BCUT2D eigenvalue weighted by Gasteiger charge is 2.39. The molecule has 1 aromatic rings. The molecule has 0 aliphatic heterocycles. The number of carbonyl (C=O) groups is 1. The number of nitrogens with one attached hydrogen (secondary N) is 2. The van der Waals surface area contributed by atoms with Crippen molar-refractivity contribution in [3.8, 4) is 0 Å². The van der Waals surface area contributed by atoms with Crippen molar-refractivity contribution in [3.05, 3.63) is 35.4 Å². The van der Waals surface area contributed by atoms with Crippen molar-refractivity contribution >= 4 is 35.8 Å². The predicted molar refractivity (Wildman–Crippen MR) is 112 cm³/mol. The minimum atomic E-state index is -0.491. The van der Waals surface area contributed by atoms with Crippen molar-refractivity contribution in [2.45, 2.75) is 38.3 Å². The molecule has 0 spiro atoms. The molecule has 5 nitrogen and oxygen atoms in total. The lowest BCUT2D eigenvalue weighted by Crippen LogP contribution is -2.48. The molecular weight excluding hydrogens is 465 g/mol. The molecule has 0 aromatic heterocycles. The summed E-state index contributed by atoms with van der Waals surface area (Å²) in [5, 5.41) is 6.42. The van der Waals surface area contributed by atoms with E-state index in [0.717, 1.165) is 30.5 Å². The molecule has 2 bridgehead atoms. The van der Waals surface area contributed by atoms with Crippen LogP contribution in [0.15, 0.2) is 23.2 Å². The van der Waals surface area contributed by atoms with Gasteiger partial charge in [0.05, 0.1) is 13.1 Å². The van der Waals surface area contributed by atoms with Crippen molar-refractivity contribution in [2.75, 3.05) is 20.6 Å². The number of amides is 1. The third-order valence-electron chi connectivity index (χ3n) is 5.38. The second-order valence-electron chi connectivity index (χ2n) is 7.47. The fraction of sp³-hybridized carbons (Fsp3) is 0.579. The van der Waals surface area contributed by atoms with Crippen LogP contribution in [0.3, 0.4) is 0 Å². The molecule has 2 aliphatic rings. The molecule has 0 saturated heterocycles. The summed E-state index contributed by atoms with van der Waals surface area (Å²) in [7, 11) is 3.37. The van der Waals surface area contributed by atoms with Gasteiger partial charge in [0.1, 0.15) is 11.6 Å². The van der Waals surface area contributed by atoms with Crippen LogP contribution in [0, 0.1) is 23.5 Å². The molecule has 2 aliphatic carbocycles. The van der Waals surface area contributed by atoms with Gasteiger partial charge in [-0.3, -0.25) is 4.79 Å². The third-order valence-corrected chi connectivity index (χ3v) is 5.38. The molecule has 2 N–H and O–H groups in total. The van der Waals surface area contributed by atoms with Gasteiger partial charge in [0.2, 0.25) is 5.91 Å². The van der Waals surface area contributed by atoms with Gasteiger partial charge in [-0.25, -0.2) is 13.8 Å². The van der Waals surface area contributed by atoms with Crippen molar-refractivity contribution in [1.29, 1.82) is 0 Å². The molecule has 3 rings (SSSR count). The number of aliphatic imine (C=N–C) groups is 1. The van der Waals surface area contributed by atoms with Gasteiger partial charge in [-0.05, 0) is 49.3 Å². The van der Waals surface area contributed by atoms with E-state index in [4.69, 9.17) is 0 Å². The minimum absolute atomic E-state index is 0. The SMILES string of the molecule is CN(C)C(=O)CNC(=NCc1cc(F)ccc1F)NC1CC2CCC1C2.I. The molecule has 150 valence electrons. The first-order valence-corrected chi connectivity index (χ1v) is 9.11. The van der Waals surface area contributed by atoms with Crippen LogP contribution in [0.25, 0.3) is 0 Å². The summed E-state index contributed by atoms with van der Waals surface area (Å²) >= 11 is 0.